The van der Waals surface area contributed by atoms with Crippen molar-refractivity contribution in [2.75, 3.05) is 0 Å². The molecule has 0 bridgehead atoms. The molecular weight excluding hydrogens is 302 g/mol. The molecule has 0 fully saturated rings. The van der Waals surface area contributed by atoms with Crippen molar-refractivity contribution >= 4 is 28.6 Å². The number of hydrogen-bond acceptors (Lipinski definition) is 5. The van der Waals surface area contributed by atoms with Gasteiger partial charge in [-0.15, -0.1) is 22.7 Å². The highest BCUT2D eigenvalue weighted by atomic mass is 32.1. The van der Waals surface area contributed by atoms with Gasteiger partial charge in [0.15, 0.2) is 0 Å². The van der Waals surface area contributed by atoms with E-state index < -0.39 is 0 Å². The van der Waals surface area contributed by atoms with Crippen molar-refractivity contribution in [3.63, 3.8) is 0 Å². The highest BCUT2D eigenvalue weighted by Gasteiger charge is 2.09. The average Bonchev–Trinajstić information content (AvgIpc) is 3.17. The highest BCUT2D eigenvalue weighted by Crippen LogP contribution is 2.22. The molecule has 0 radical (unpaired) electrons. The lowest BCUT2D eigenvalue weighted by atomic mass is 10.3. The molecule has 3 heterocycles. The molecule has 0 unspecified atom stereocenters. The van der Waals surface area contributed by atoms with E-state index in [0.29, 0.717) is 13.0 Å². The third-order valence-corrected chi connectivity index (χ3v) is 4.66. The first kappa shape index (κ1) is 13.9. The van der Waals surface area contributed by atoms with Crippen LogP contribution in [0.3, 0.4) is 0 Å². The Hall–Kier alpha value is -2.05. The van der Waals surface area contributed by atoms with Gasteiger partial charge in [-0.1, -0.05) is 6.07 Å². The summed E-state index contributed by atoms with van der Waals surface area (Å²) in [6.45, 7) is 0.579. The predicted molar refractivity (Wildman–Crippen MR) is 85.2 cm³/mol. The molecule has 0 aromatic carbocycles. The van der Waals surface area contributed by atoms with Crippen LogP contribution in [-0.4, -0.2) is 15.9 Å². The zero-order valence-electron chi connectivity index (χ0n) is 11.2. The summed E-state index contributed by atoms with van der Waals surface area (Å²) >= 11 is 3.17. The van der Waals surface area contributed by atoms with E-state index in [4.69, 9.17) is 0 Å². The first-order chi connectivity index (χ1) is 10.3. The molecule has 4 nitrogen and oxygen atoms in total. The molecule has 3 aromatic heterocycles. The largest absolute Gasteiger partial charge is 0.351 e. The maximum Gasteiger partial charge on any atom is 0.226 e. The second kappa shape index (κ2) is 6.60. The fraction of sp³-hybridized carbons (Fsp3) is 0.133. The van der Waals surface area contributed by atoms with Crippen molar-refractivity contribution in [2.45, 2.75) is 13.0 Å². The molecule has 6 heteroatoms. The number of nitrogens with zero attached hydrogens (tertiary/aromatic N) is 2. The number of aromatic nitrogens is 2. The number of thiophene rings is 1. The lowest BCUT2D eigenvalue weighted by Gasteiger charge is -2.01. The number of carbonyl (C=O) groups excluding carboxylic acids is 1. The minimum atomic E-state index is -0.00793. The zero-order chi connectivity index (χ0) is 14.5. The van der Waals surface area contributed by atoms with Gasteiger partial charge in [0, 0.05) is 28.2 Å². The Balaban J connectivity index is 1.58. The number of pyridine rings is 1. The number of amides is 1. The zero-order valence-corrected chi connectivity index (χ0v) is 12.8. The van der Waals surface area contributed by atoms with Gasteiger partial charge in [-0.25, -0.2) is 4.98 Å². The molecule has 0 atom stereocenters. The van der Waals surface area contributed by atoms with Crippen molar-refractivity contribution in [2.24, 2.45) is 0 Å². The standard InChI is InChI=1S/C15H13N3OS2/c19-14(17-9-13-4-2-6-20-13)7-12-10-21-15(18-12)11-3-1-5-16-8-11/h1-6,8,10H,7,9H2,(H,17,19). The van der Waals surface area contributed by atoms with Crippen LogP contribution in [0.2, 0.25) is 0 Å². The summed E-state index contributed by atoms with van der Waals surface area (Å²) in [5.41, 5.74) is 1.77. The van der Waals surface area contributed by atoms with Crippen LogP contribution in [0.15, 0.2) is 47.4 Å². The maximum absolute atomic E-state index is 11.9. The van der Waals surface area contributed by atoms with Crippen molar-refractivity contribution < 1.29 is 4.79 Å². The van der Waals surface area contributed by atoms with Gasteiger partial charge in [0.25, 0.3) is 0 Å². The third-order valence-electron chi connectivity index (χ3n) is 2.84. The first-order valence-corrected chi connectivity index (χ1v) is 8.21. The summed E-state index contributed by atoms with van der Waals surface area (Å²) in [5, 5.41) is 7.72. The van der Waals surface area contributed by atoms with Gasteiger partial charge in [-0.2, -0.15) is 0 Å². The minimum absolute atomic E-state index is 0.00793. The van der Waals surface area contributed by atoms with E-state index in [1.807, 2.05) is 35.0 Å². The summed E-state index contributed by atoms with van der Waals surface area (Å²) in [5.74, 6) is -0.00793. The topological polar surface area (TPSA) is 54.9 Å². The van der Waals surface area contributed by atoms with Crippen LogP contribution >= 0.6 is 22.7 Å². The van der Waals surface area contributed by atoms with E-state index in [1.165, 1.54) is 11.3 Å². The van der Waals surface area contributed by atoms with Crippen LogP contribution in [0.25, 0.3) is 10.6 Å². The molecule has 0 spiro atoms. The van der Waals surface area contributed by atoms with Crippen LogP contribution in [0.4, 0.5) is 0 Å². The number of carbonyl (C=O) groups is 1. The minimum Gasteiger partial charge on any atom is -0.351 e. The predicted octanol–water partition coefficient (Wildman–Crippen LogP) is 3.13. The van der Waals surface area contributed by atoms with Crippen LogP contribution in [0.1, 0.15) is 10.6 Å². The first-order valence-electron chi connectivity index (χ1n) is 6.45. The van der Waals surface area contributed by atoms with E-state index in [1.54, 1.807) is 23.7 Å². The third kappa shape index (κ3) is 3.74. The molecule has 0 saturated carbocycles. The van der Waals surface area contributed by atoms with Crippen molar-refractivity contribution in [1.82, 2.24) is 15.3 Å². The second-order valence-corrected chi connectivity index (χ2v) is 6.31. The molecule has 1 N–H and O–H groups in total. The summed E-state index contributed by atoms with van der Waals surface area (Å²) in [6, 6.07) is 7.83. The Kier molecular flexibility index (Phi) is 4.37. The lowest BCUT2D eigenvalue weighted by Crippen LogP contribution is -2.24. The quantitative estimate of drug-likeness (QED) is 0.787. The Morgan fingerprint density at radius 2 is 2.19 bits per heavy atom. The van der Waals surface area contributed by atoms with Gasteiger partial charge in [0.1, 0.15) is 5.01 Å². The average molecular weight is 315 g/mol. The van der Waals surface area contributed by atoms with Crippen LogP contribution < -0.4 is 5.32 Å². The number of thiazole rings is 1. The molecule has 1 amide bonds. The Labute approximate surface area is 130 Å². The second-order valence-electron chi connectivity index (χ2n) is 4.42. The van der Waals surface area contributed by atoms with E-state index in [9.17, 15) is 4.79 Å². The molecule has 0 aliphatic rings. The maximum atomic E-state index is 11.9. The van der Waals surface area contributed by atoms with Gasteiger partial charge >= 0.3 is 0 Å². The summed E-state index contributed by atoms with van der Waals surface area (Å²) < 4.78 is 0. The number of rotatable bonds is 5. The fourth-order valence-corrected chi connectivity index (χ4v) is 3.29. The molecule has 106 valence electrons. The van der Waals surface area contributed by atoms with E-state index in [-0.39, 0.29) is 5.91 Å². The van der Waals surface area contributed by atoms with Gasteiger partial charge in [-0.3, -0.25) is 9.78 Å². The molecular formula is C15H13N3OS2. The Bertz CT molecular complexity index is 708. The van der Waals surface area contributed by atoms with Crippen LogP contribution in [0.5, 0.6) is 0 Å². The normalized spacial score (nSPS) is 10.5. The summed E-state index contributed by atoms with van der Waals surface area (Å²) in [4.78, 5) is 21.6. The SMILES string of the molecule is O=C(Cc1csc(-c2cccnc2)n1)NCc1cccs1. The lowest BCUT2D eigenvalue weighted by molar-refractivity contribution is -0.120. The van der Waals surface area contributed by atoms with Gasteiger partial charge in [0.05, 0.1) is 18.7 Å². The molecule has 3 aromatic rings. The molecule has 0 aliphatic heterocycles. The van der Waals surface area contributed by atoms with Crippen LogP contribution in [0, 0.1) is 0 Å². The molecule has 21 heavy (non-hydrogen) atoms. The molecule has 3 rings (SSSR count). The highest BCUT2D eigenvalue weighted by molar-refractivity contribution is 7.13. The monoisotopic (exact) mass is 315 g/mol. The van der Waals surface area contributed by atoms with E-state index in [0.717, 1.165) is 21.1 Å². The molecule has 0 saturated heterocycles. The van der Waals surface area contributed by atoms with Crippen molar-refractivity contribution in [1.29, 1.82) is 0 Å². The van der Waals surface area contributed by atoms with Crippen LogP contribution in [-0.2, 0) is 17.8 Å². The van der Waals surface area contributed by atoms with Crippen molar-refractivity contribution in [3.05, 3.63) is 58.0 Å². The fourth-order valence-electron chi connectivity index (χ4n) is 1.84. The smallest absolute Gasteiger partial charge is 0.226 e. The summed E-state index contributed by atoms with van der Waals surface area (Å²) in [6.07, 6.45) is 3.82. The number of hydrogen-bond donors (Lipinski definition) is 1. The Morgan fingerprint density at radius 3 is 2.95 bits per heavy atom. The van der Waals surface area contributed by atoms with Gasteiger partial charge in [-0.05, 0) is 23.6 Å². The number of nitrogens with one attached hydrogen (secondary N) is 1. The van der Waals surface area contributed by atoms with E-state index >= 15 is 0 Å². The van der Waals surface area contributed by atoms with E-state index in [2.05, 4.69) is 15.3 Å². The van der Waals surface area contributed by atoms with Gasteiger partial charge < -0.3 is 5.32 Å². The van der Waals surface area contributed by atoms with Crippen molar-refractivity contribution in [3.8, 4) is 10.6 Å². The summed E-state index contributed by atoms with van der Waals surface area (Å²) in [7, 11) is 0. The van der Waals surface area contributed by atoms with Gasteiger partial charge in [0.2, 0.25) is 5.91 Å². The molecule has 0 aliphatic carbocycles. The Morgan fingerprint density at radius 1 is 1.24 bits per heavy atom.